The summed E-state index contributed by atoms with van der Waals surface area (Å²) in [7, 11) is 0. The van der Waals surface area contributed by atoms with Crippen LogP contribution >= 0.6 is 34.4 Å². The lowest BCUT2D eigenvalue weighted by Gasteiger charge is -1.93. The fraction of sp³-hybridized carbons (Fsp3) is 0.200. The second-order valence-corrected chi connectivity index (χ2v) is 3.53. The monoisotopic (exact) mass is 268 g/mol. The number of hydrogen-bond acceptors (Lipinski definition) is 3. The zero-order chi connectivity index (χ0) is 7.56. The Morgan fingerprint density at radius 2 is 2.50 bits per heavy atom. The lowest BCUT2D eigenvalue weighted by atomic mass is 10.7. The zero-order valence-corrected chi connectivity index (χ0v) is 8.19. The van der Waals surface area contributed by atoms with Crippen molar-refractivity contribution in [1.29, 1.82) is 0 Å². The smallest absolute Gasteiger partial charge is 0.274 e. The van der Waals surface area contributed by atoms with E-state index in [-0.39, 0.29) is 5.56 Å². The molecule has 1 aromatic rings. The van der Waals surface area contributed by atoms with Gasteiger partial charge in [0.05, 0.1) is 3.70 Å². The van der Waals surface area contributed by atoms with Gasteiger partial charge in [-0.2, -0.15) is 4.98 Å². The largest absolute Gasteiger partial charge is 0.329 e. The Morgan fingerprint density at radius 1 is 1.80 bits per heavy atom. The van der Waals surface area contributed by atoms with Crippen LogP contribution in [0.5, 0.6) is 0 Å². The molecule has 0 aliphatic carbocycles. The van der Waals surface area contributed by atoms with E-state index in [0.717, 1.165) is 3.70 Å². The molecule has 0 fully saturated rings. The number of H-pyrrole nitrogens is 1. The number of nitrogens with zero attached hydrogens (tertiary/aromatic N) is 1. The van der Waals surface area contributed by atoms with E-state index in [4.69, 9.17) is 0 Å². The Balaban J connectivity index is 3.19. The molecule has 3 nitrogen and oxygen atoms in total. The quantitative estimate of drug-likeness (QED) is 0.359. The summed E-state index contributed by atoms with van der Waals surface area (Å²) in [5.74, 6) is 0. The van der Waals surface area contributed by atoms with E-state index in [2.05, 4.69) is 9.97 Å². The van der Waals surface area contributed by atoms with Gasteiger partial charge >= 0.3 is 0 Å². The number of thioether (sulfide) groups is 1. The van der Waals surface area contributed by atoms with Gasteiger partial charge in [0.15, 0.2) is 5.16 Å². The molecule has 0 aromatic carbocycles. The van der Waals surface area contributed by atoms with Gasteiger partial charge in [-0.3, -0.25) is 4.79 Å². The van der Waals surface area contributed by atoms with E-state index >= 15 is 0 Å². The molecule has 0 aliphatic heterocycles. The SMILES string of the molecule is CSc1nc(=O)cc(I)[nH]1. The molecule has 1 N–H and O–H groups in total. The first-order valence-electron chi connectivity index (χ1n) is 2.53. The van der Waals surface area contributed by atoms with Crippen LogP contribution in [0.25, 0.3) is 0 Å². The lowest BCUT2D eigenvalue weighted by Crippen LogP contribution is -2.07. The van der Waals surface area contributed by atoms with Crippen molar-refractivity contribution < 1.29 is 0 Å². The van der Waals surface area contributed by atoms with Crippen molar-refractivity contribution >= 4 is 34.4 Å². The van der Waals surface area contributed by atoms with Crippen molar-refractivity contribution in [2.45, 2.75) is 5.16 Å². The molecular weight excluding hydrogens is 263 g/mol. The summed E-state index contributed by atoms with van der Waals surface area (Å²) in [6, 6.07) is 1.46. The normalized spacial score (nSPS) is 9.80. The molecule has 0 spiro atoms. The average Bonchev–Trinajstić information content (AvgIpc) is 1.85. The summed E-state index contributed by atoms with van der Waals surface area (Å²) in [4.78, 5) is 17.4. The molecule has 0 saturated carbocycles. The highest BCUT2D eigenvalue weighted by atomic mass is 127. The fourth-order valence-corrected chi connectivity index (χ4v) is 1.60. The Bertz CT molecular complexity index is 285. The van der Waals surface area contributed by atoms with E-state index < -0.39 is 0 Å². The number of nitrogens with one attached hydrogen (secondary N) is 1. The van der Waals surface area contributed by atoms with Crippen LogP contribution in [0.3, 0.4) is 0 Å². The molecule has 1 rings (SSSR count). The van der Waals surface area contributed by atoms with Crippen LogP contribution < -0.4 is 5.56 Å². The summed E-state index contributed by atoms with van der Waals surface area (Å²) in [6.07, 6.45) is 1.87. The predicted octanol–water partition coefficient (Wildman–Crippen LogP) is 1.10. The standard InChI is InChI=1S/C5H5IN2OS/c1-10-5-7-3(6)2-4(9)8-5/h2H,1H3,(H,7,8,9). The molecular formula is C5H5IN2OS. The zero-order valence-electron chi connectivity index (χ0n) is 5.22. The average molecular weight is 268 g/mol. The molecule has 5 heteroatoms. The number of hydrogen-bond donors (Lipinski definition) is 1. The van der Waals surface area contributed by atoms with Gasteiger partial charge in [0.25, 0.3) is 5.56 Å². The van der Waals surface area contributed by atoms with E-state index in [1.54, 1.807) is 0 Å². The van der Waals surface area contributed by atoms with Gasteiger partial charge in [-0.1, -0.05) is 11.8 Å². The first-order chi connectivity index (χ1) is 4.72. The van der Waals surface area contributed by atoms with Crippen molar-refractivity contribution in [3.63, 3.8) is 0 Å². The molecule has 1 aromatic heterocycles. The van der Waals surface area contributed by atoms with Crippen LogP contribution in [-0.2, 0) is 0 Å². The van der Waals surface area contributed by atoms with Crippen LogP contribution in [0.4, 0.5) is 0 Å². The van der Waals surface area contributed by atoms with Gasteiger partial charge < -0.3 is 4.98 Å². The maximum absolute atomic E-state index is 10.7. The topological polar surface area (TPSA) is 45.8 Å². The molecule has 54 valence electrons. The minimum Gasteiger partial charge on any atom is -0.329 e. The van der Waals surface area contributed by atoms with Crippen molar-refractivity contribution in [2.24, 2.45) is 0 Å². The minimum absolute atomic E-state index is 0.187. The number of halogens is 1. The highest BCUT2D eigenvalue weighted by Crippen LogP contribution is 2.06. The third-order valence-electron chi connectivity index (χ3n) is 0.882. The van der Waals surface area contributed by atoms with Gasteiger partial charge in [0.2, 0.25) is 0 Å². The minimum atomic E-state index is -0.187. The Kier molecular flexibility index (Phi) is 2.72. The second kappa shape index (κ2) is 3.38. The highest BCUT2D eigenvalue weighted by molar-refractivity contribution is 14.1. The first-order valence-corrected chi connectivity index (χ1v) is 4.83. The molecule has 0 atom stereocenters. The number of aromatic nitrogens is 2. The van der Waals surface area contributed by atoms with Crippen LogP contribution in [0, 0.1) is 3.70 Å². The molecule has 0 amide bonds. The molecule has 1 heterocycles. The van der Waals surface area contributed by atoms with Crippen LogP contribution in [-0.4, -0.2) is 16.2 Å². The van der Waals surface area contributed by atoms with Gasteiger partial charge in [-0.25, -0.2) is 0 Å². The van der Waals surface area contributed by atoms with Crippen LogP contribution in [0.1, 0.15) is 0 Å². The summed E-state index contributed by atoms with van der Waals surface area (Å²) in [6.45, 7) is 0. The second-order valence-electron chi connectivity index (χ2n) is 1.58. The molecule has 0 unspecified atom stereocenters. The van der Waals surface area contributed by atoms with Crippen molar-refractivity contribution in [3.05, 3.63) is 20.1 Å². The third kappa shape index (κ3) is 1.98. The van der Waals surface area contributed by atoms with E-state index in [1.807, 2.05) is 28.8 Å². The fourth-order valence-electron chi connectivity index (χ4n) is 0.504. The maximum atomic E-state index is 10.7. The Labute approximate surface area is 75.8 Å². The van der Waals surface area contributed by atoms with E-state index in [0.29, 0.717) is 5.16 Å². The molecule has 0 saturated heterocycles. The summed E-state index contributed by atoms with van der Waals surface area (Å²) in [5.41, 5.74) is -0.187. The molecule has 10 heavy (non-hydrogen) atoms. The van der Waals surface area contributed by atoms with Gasteiger partial charge in [0.1, 0.15) is 0 Å². The van der Waals surface area contributed by atoms with Crippen LogP contribution in [0.15, 0.2) is 16.0 Å². The van der Waals surface area contributed by atoms with Crippen LogP contribution in [0.2, 0.25) is 0 Å². The van der Waals surface area contributed by atoms with Crippen molar-refractivity contribution in [1.82, 2.24) is 9.97 Å². The molecule has 0 aliphatic rings. The van der Waals surface area contributed by atoms with Gasteiger partial charge in [-0.05, 0) is 28.8 Å². The Hall–Kier alpha value is -0.0400. The van der Waals surface area contributed by atoms with Gasteiger partial charge in [0, 0.05) is 6.07 Å². The highest BCUT2D eigenvalue weighted by Gasteiger charge is 1.94. The molecule has 0 bridgehead atoms. The summed E-state index contributed by atoms with van der Waals surface area (Å²) < 4.78 is 0.821. The Morgan fingerprint density at radius 3 is 3.00 bits per heavy atom. The summed E-state index contributed by atoms with van der Waals surface area (Å²) >= 11 is 3.47. The van der Waals surface area contributed by atoms with Crippen molar-refractivity contribution in [2.75, 3.05) is 6.26 Å². The maximum Gasteiger partial charge on any atom is 0.274 e. The van der Waals surface area contributed by atoms with Gasteiger partial charge in [-0.15, -0.1) is 0 Å². The van der Waals surface area contributed by atoms with E-state index in [1.165, 1.54) is 17.8 Å². The number of rotatable bonds is 1. The molecule has 0 radical (unpaired) electrons. The summed E-state index contributed by atoms with van der Waals surface area (Å²) in [5, 5.41) is 0.664. The lowest BCUT2D eigenvalue weighted by molar-refractivity contribution is 0.920. The van der Waals surface area contributed by atoms with Crippen molar-refractivity contribution in [3.8, 4) is 0 Å². The van der Waals surface area contributed by atoms with E-state index in [9.17, 15) is 4.79 Å². The predicted molar refractivity (Wildman–Crippen MR) is 49.4 cm³/mol. The number of aromatic amines is 1. The first kappa shape index (κ1) is 8.06. The third-order valence-corrected chi connectivity index (χ3v) is 2.04.